The standard InChI is InChI=1S/C12H17N5S/c1-8(6-10-4-3-5-18-10)14-11-7-9(2)15-12(16-11)17-13/h3-5,7-8H,6,13H2,1-2H3,(H2,14,15,16,17). The van der Waals surface area contributed by atoms with Gasteiger partial charge >= 0.3 is 0 Å². The van der Waals surface area contributed by atoms with Crippen molar-refractivity contribution in [2.24, 2.45) is 5.84 Å². The molecular formula is C12H17N5S. The molecule has 2 aromatic rings. The lowest BCUT2D eigenvalue weighted by atomic mass is 10.2. The number of nitrogens with two attached hydrogens (primary N) is 1. The molecule has 0 saturated heterocycles. The van der Waals surface area contributed by atoms with Crippen molar-refractivity contribution in [1.82, 2.24) is 9.97 Å². The molecule has 96 valence electrons. The van der Waals surface area contributed by atoms with Gasteiger partial charge in [0.25, 0.3) is 0 Å². The van der Waals surface area contributed by atoms with Gasteiger partial charge in [0.2, 0.25) is 5.95 Å². The summed E-state index contributed by atoms with van der Waals surface area (Å²) < 4.78 is 0. The number of hydrazine groups is 1. The number of nitrogens with zero attached hydrogens (tertiary/aromatic N) is 2. The van der Waals surface area contributed by atoms with Gasteiger partial charge in [-0.25, -0.2) is 10.8 Å². The molecule has 4 N–H and O–H groups in total. The van der Waals surface area contributed by atoms with E-state index in [1.54, 1.807) is 11.3 Å². The molecule has 0 aromatic carbocycles. The minimum atomic E-state index is 0.309. The molecule has 0 fully saturated rings. The molecule has 0 radical (unpaired) electrons. The number of hydrogen-bond donors (Lipinski definition) is 3. The monoisotopic (exact) mass is 263 g/mol. The van der Waals surface area contributed by atoms with Crippen LogP contribution in [0.4, 0.5) is 11.8 Å². The summed E-state index contributed by atoms with van der Waals surface area (Å²) in [6, 6.07) is 6.42. The molecule has 1 atom stereocenters. The molecule has 6 heteroatoms. The number of aromatic nitrogens is 2. The Labute approximate surface area is 110 Å². The van der Waals surface area contributed by atoms with Gasteiger partial charge in [-0.2, -0.15) is 4.98 Å². The Kier molecular flexibility index (Phi) is 4.11. The van der Waals surface area contributed by atoms with Crippen molar-refractivity contribution >= 4 is 23.1 Å². The van der Waals surface area contributed by atoms with E-state index in [2.05, 4.69) is 45.1 Å². The lowest BCUT2D eigenvalue weighted by Crippen LogP contribution is -2.20. The van der Waals surface area contributed by atoms with E-state index < -0.39 is 0 Å². The molecule has 1 unspecified atom stereocenters. The highest BCUT2D eigenvalue weighted by molar-refractivity contribution is 7.09. The molecular weight excluding hydrogens is 246 g/mol. The van der Waals surface area contributed by atoms with Crippen molar-refractivity contribution in [3.63, 3.8) is 0 Å². The summed E-state index contributed by atoms with van der Waals surface area (Å²) in [5.74, 6) is 6.55. The van der Waals surface area contributed by atoms with Crippen LogP contribution in [0.3, 0.4) is 0 Å². The fourth-order valence-corrected chi connectivity index (χ4v) is 2.58. The zero-order valence-electron chi connectivity index (χ0n) is 10.5. The van der Waals surface area contributed by atoms with Gasteiger partial charge in [0.15, 0.2) is 0 Å². The maximum atomic E-state index is 5.33. The Bertz CT molecular complexity index is 497. The van der Waals surface area contributed by atoms with Crippen molar-refractivity contribution in [1.29, 1.82) is 0 Å². The second-order valence-corrected chi connectivity index (χ2v) is 5.22. The van der Waals surface area contributed by atoms with Crippen LogP contribution < -0.4 is 16.6 Å². The molecule has 0 spiro atoms. The smallest absolute Gasteiger partial charge is 0.239 e. The Morgan fingerprint density at radius 1 is 1.44 bits per heavy atom. The van der Waals surface area contributed by atoms with Gasteiger partial charge in [0.05, 0.1) is 0 Å². The third-order valence-electron chi connectivity index (χ3n) is 2.47. The lowest BCUT2D eigenvalue weighted by molar-refractivity contribution is 0.793. The normalized spacial score (nSPS) is 12.2. The van der Waals surface area contributed by atoms with E-state index >= 15 is 0 Å². The van der Waals surface area contributed by atoms with E-state index in [1.165, 1.54) is 4.88 Å². The summed E-state index contributed by atoms with van der Waals surface area (Å²) in [5.41, 5.74) is 3.35. The Morgan fingerprint density at radius 3 is 2.94 bits per heavy atom. The molecule has 0 amide bonds. The first kappa shape index (κ1) is 12.8. The highest BCUT2D eigenvalue weighted by atomic mass is 32.1. The van der Waals surface area contributed by atoms with Crippen LogP contribution in [0.5, 0.6) is 0 Å². The molecule has 0 bridgehead atoms. The second kappa shape index (κ2) is 5.79. The second-order valence-electron chi connectivity index (χ2n) is 4.19. The van der Waals surface area contributed by atoms with E-state index in [9.17, 15) is 0 Å². The van der Waals surface area contributed by atoms with Crippen molar-refractivity contribution in [3.8, 4) is 0 Å². The molecule has 2 rings (SSSR count). The third kappa shape index (κ3) is 3.41. The Morgan fingerprint density at radius 2 is 2.28 bits per heavy atom. The zero-order chi connectivity index (χ0) is 13.0. The highest BCUT2D eigenvalue weighted by Crippen LogP contribution is 2.15. The quantitative estimate of drug-likeness (QED) is 0.569. The van der Waals surface area contributed by atoms with Crippen molar-refractivity contribution in [2.45, 2.75) is 26.3 Å². The van der Waals surface area contributed by atoms with Crippen LogP contribution in [0, 0.1) is 6.92 Å². The van der Waals surface area contributed by atoms with Crippen LogP contribution in [0.25, 0.3) is 0 Å². The van der Waals surface area contributed by atoms with Crippen molar-refractivity contribution in [2.75, 3.05) is 10.7 Å². The van der Waals surface area contributed by atoms with Gasteiger partial charge in [0.1, 0.15) is 5.82 Å². The number of nitrogen functional groups attached to an aromatic ring is 1. The third-order valence-corrected chi connectivity index (χ3v) is 3.36. The topological polar surface area (TPSA) is 75.9 Å². The first-order valence-corrected chi connectivity index (χ1v) is 6.66. The summed E-state index contributed by atoms with van der Waals surface area (Å²) >= 11 is 1.77. The zero-order valence-corrected chi connectivity index (χ0v) is 11.3. The molecule has 5 nitrogen and oxygen atoms in total. The fraction of sp³-hybridized carbons (Fsp3) is 0.333. The minimum absolute atomic E-state index is 0.309. The molecule has 2 aromatic heterocycles. The summed E-state index contributed by atoms with van der Waals surface area (Å²) in [7, 11) is 0. The lowest BCUT2D eigenvalue weighted by Gasteiger charge is -2.14. The average molecular weight is 263 g/mol. The average Bonchev–Trinajstić information content (AvgIpc) is 2.80. The minimum Gasteiger partial charge on any atom is -0.367 e. The molecule has 0 saturated carbocycles. The van der Waals surface area contributed by atoms with E-state index in [0.29, 0.717) is 12.0 Å². The number of thiophene rings is 1. The first-order valence-electron chi connectivity index (χ1n) is 5.78. The predicted octanol–water partition coefficient (Wildman–Crippen LogP) is 2.18. The maximum absolute atomic E-state index is 5.33. The van der Waals surface area contributed by atoms with Crippen molar-refractivity contribution in [3.05, 3.63) is 34.2 Å². The van der Waals surface area contributed by atoms with Crippen LogP contribution >= 0.6 is 11.3 Å². The maximum Gasteiger partial charge on any atom is 0.239 e. The van der Waals surface area contributed by atoms with Gasteiger partial charge in [-0.15, -0.1) is 11.3 Å². The number of anilines is 2. The van der Waals surface area contributed by atoms with E-state index in [4.69, 9.17) is 5.84 Å². The SMILES string of the molecule is Cc1cc(NC(C)Cc2cccs2)nc(NN)n1. The Balaban J connectivity index is 2.02. The van der Waals surface area contributed by atoms with E-state index in [1.807, 2.05) is 13.0 Å². The molecule has 0 aliphatic carbocycles. The van der Waals surface area contributed by atoms with Crippen LogP contribution in [0.15, 0.2) is 23.6 Å². The van der Waals surface area contributed by atoms with Gasteiger partial charge in [-0.1, -0.05) is 6.07 Å². The molecule has 2 heterocycles. The van der Waals surface area contributed by atoms with Gasteiger partial charge in [-0.05, 0) is 25.3 Å². The van der Waals surface area contributed by atoms with Gasteiger partial charge < -0.3 is 5.32 Å². The Hall–Kier alpha value is -1.66. The summed E-state index contributed by atoms with van der Waals surface area (Å²) in [5, 5.41) is 5.45. The summed E-state index contributed by atoms with van der Waals surface area (Å²) in [4.78, 5) is 9.78. The number of rotatable bonds is 5. The van der Waals surface area contributed by atoms with Crippen molar-refractivity contribution < 1.29 is 0 Å². The fourth-order valence-electron chi connectivity index (χ4n) is 1.74. The van der Waals surface area contributed by atoms with E-state index in [-0.39, 0.29) is 0 Å². The largest absolute Gasteiger partial charge is 0.367 e. The van der Waals surface area contributed by atoms with Gasteiger partial charge in [-0.3, -0.25) is 5.43 Å². The van der Waals surface area contributed by atoms with E-state index in [0.717, 1.165) is 17.9 Å². The van der Waals surface area contributed by atoms with Crippen LogP contribution in [0.2, 0.25) is 0 Å². The van der Waals surface area contributed by atoms with Crippen LogP contribution in [-0.2, 0) is 6.42 Å². The summed E-state index contributed by atoms with van der Waals surface area (Å²) in [6.45, 7) is 4.05. The van der Waals surface area contributed by atoms with Crippen LogP contribution in [0.1, 0.15) is 17.5 Å². The van der Waals surface area contributed by atoms with Gasteiger partial charge in [0, 0.05) is 29.1 Å². The predicted molar refractivity (Wildman–Crippen MR) is 75.7 cm³/mol. The van der Waals surface area contributed by atoms with Crippen LogP contribution in [-0.4, -0.2) is 16.0 Å². The molecule has 0 aliphatic heterocycles. The number of hydrogen-bond acceptors (Lipinski definition) is 6. The number of aryl methyl sites for hydroxylation is 1. The highest BCUT2D eigenvalue weighted by Gasteiger charge is 2.07. The number of nitrogens with one attached hydrogen (secondary N) is 2. The molecule has 0 aliphatic rings. The summed E-state index contributed by atoms with van der Waals surface area (Å²) in [6.07, 6.45) is 0.978. The first-order chi connectivity index (χ1) is 8.67. The molecule has 18 heavy (non-hydrogen) atoms.